The number of aliphatic hydroxyl groups is 1. The normalized spacial score (nSPS) is 26.5. The number of carbonyl (C=O) groups is 5. The highest BCUT2D eigenvalue weighted by atomic mass is 16.3. The Morgan fingerprint density at radius 1 is 0.730 bits per heavy atom. The Morgan fingerprint density at radius 3 is 1.76 bits per heavy atom. The quantitative estimate of drug-likeness (QED) is 0.312. The van der Waals surface area contributed by atoms with Crippen molar-refractivity contribution in [2.45, 2.75) is 83.6 Å². The number of amides is 5. The molecule has 1 aromatic carbocycles. The SMILES string of the molecule is CC[C@@H]1NC(=O)C[C@H](c2ccccc2)NC(=O)[C@H](CO)NC(=O)[C@H](CC)NC(=O)[C@H](CC(C)C)NC1=O. The number of aliphatic hydroxyl groups excluding tert-OH is 1. The van der Waals surface area contributed by atoms with Gasteiger partial charge in [0.1, 0.15) is 24.2 Å². The molecule has 0 spiro atoms. The third-order valence-electron chi connectivity index (χ3n) is 6.16. The summed E-state index contributed by atoms with van der Waals surface area (Å²) in [5.74, 6) is -2.82. The van der Waals surface area contributed by atoms with Gasteiger partial charge in [-0.05, 0) is 30.7 Å². The molecule has 6 N–H and O–H groups in total. The smallest absolute Gasteiger partial charge is 0.245 e. The lowest BCUT2D eigenvalue weighted by Gasteiger charge is -2.28. The molecular formula is C26H39N5O6. The summed E-state index contributed by atoms with van der Waals surface area (Å²) < 4.78 is 0. The molecule has 0 bridgehead atoms. The van der Waals surface area contributed by atoms with Crippen molar-refractivity contribution in [2.24, 2.45) is 5.92 Å². The zero-order chi connectivity index (χ0) is 27.5. The number of hydrogen-bond acceptors (Lipinski definition) is 6. The van der Waals surface area contributed by atoms with Crippen LogP contribution in [0.2, 0.25) is 0 Å². The molecule has 5 amide bonds. The summed E-state index contributed by atoms with van der Waals surface area (Å²) >= 11 is 0. The minimum Gasteiger partial charge on any atom is -0.394 e. The number of nitrogens with one attached hydrogen (secondary N) is 5. The average molecular weight is 518 g/mol. The van der Waals surface area contributed by atoms with Crippen LogP contribution in [0.15, 0.2) is 30.3 Å². The van der Waals surface area contributed by atoms with Gasteiger partial charge in [0.15, 0.2) is 0 Å². The van der Waals surface area contributed by atoms with Gasteiger partial charge in [-0.15, -0.1) is 0 Å². The van der Waals surface area contributed by atoms with Crippen LogP contribution in [0.5, 0.6) is 0 Å². The Morgan fingerprint density at radius 2 is 1.22 bits per heavy atom. The largest absolute Gasteiger partial charge is 0.394 e. The van der Waals surface area contributed by atoms with Crippen molar-refractivity contribution in [3.8, 4) is 0 Å². The third-order valence-corrected chi connectivity index (χ3v) is 6.16. The van der Waals surface area contributed by atoms with Crippen LogP contribution < -0.4 is 26.6 Å². The number of hydrogen-bond donors (Lipinski definition) is 6. The van der Waals surface area contributed by atoms with Gasteiger partial charge in [-0.3, -0.25) is 24.0 Å². The molecule has 1 aliphatic rings. The van der Waals surface area contributed by atoms with Crippen LogP contribution in [-0.2, 0) is 24.0 Å². The summed E-state index contributed by atoms with van der Waals surface area (Å²) in [4.78, 5) is 65.0. The molecule has 0 radical (unpaired) electrons. The second-order valence-corrected chi connectivity index (χ2v) is 9.61. The molecule has 1 aromatic rings. The molecule has 11 nitrogen and oxygen atoms in total. The van der Waals surface area contributed by atoms with Crippen LogP contribution in [0.4, 0.5) is 0 Å². The molecule has 37 heavy (non-hydrogen) atoms. The van der Waals surface area contributed by atoms with Gasteiger partial charge in [-0.25, -0.2) is 0 Å². The van der Waals surface area contributed by atoms with Gasteiger partial charge in [-0.2, -0.15) is 0 Å². The third kappa shape index (κ3) is 8.85. The fourth-order valence-electron chi connectivity index (χ4n) is 4.07. The van der Waals surface area contributed by atoms with E-state index in [0.29, 0.717) is 12.0 Å². The van der Waals surface area contributed by atoms with Crippen LogP contribution in [0.3, 0.4) is 0 Å². The van der Waals surface area contributed by atoms with Gasteiger partial charge >= 0.3 is 0 Å². The maximum atomic E-state index is 13.1. The summed E-state index contributed by atoms with van der Waals surface area (Å²) in [7, 11) is 0. The van der Waals surface area contributed by atoms with Gasteiger partial charge < -0.3 is 31.7 Å². The Balaban J connectivity index is 2.44. The zero-order valence-electron chi connectivity index (χ0n) is 21.9. The molecular weight excluding hydrogens is 478 g/mol. The first-order chi connectivity index (χ1) is 17.6. The van der Waals surface area contributed by atoms with Crippen molar-refractivity contribution in [1.29, 1.82) is 0 Å². The molecule has 1 saturated heterocycles. The minimum atomic E-state index is -1.30. The van der Waals surface area contributed by atoms with Crippen molar-refractivity contribution in [1.82, 2.24) is 26.6 Å². The van der Waals surface area contributed by atoms with Gasteiger partial charge in [0.25, 0.3) is 0 Å². The lowest BCUT2D eigenvalue weighted by molar-refractivity contribution is -0.136. The first kappa shape index (κ1) is 29.8. The molecule has 2 rings (SSSR count). The summed E-state index contributed by atoms with van der Waals surface area (Å²) in [5, 5.41) is 23.1. The lowest BCUT2D eigenvalue weighted by atomic mass is 10.0. The predicted molar refractivity (Wildman–Crippen MR) is 137 cm³/mol. The van der Waals surface area contributed by atoms with Crippen LogP contribution in [-0.4, -0.2) is 65.4 Å². The highest BCUT2D eigenvalue weighted by Gasteiger charge is 2.32. The van der Waals surface area contributed by atoms with Crippen LogP contribution >= 0.6 is 0 Å². The van der Waals surface area contributed by atoms with E-state index in [0.717, 1.165) is 0 Å². The van der Waals surface area contributed by atoms with Crippen LogP contribution in [0, 0.1) is 5.92 Å². The highest BCUT2D eigenvalue weighted by Crippen LogP contribution is 2.17. The molecule has 11 heteroatoms. The van der Waals surface area contributed by atoms with Crippen molar-refractivity contribution >= 4 is 29.5 Å². The molecule has 5 atom stereocenters. The maximum Gasteiger partial charge on any atom is 0.245 e. The van der Waals surface area contributed by atoms with Crippen molar-refractivity contribution in [3.63, 3.8) is 0 Å². The van der Waals surface area contributed by atoms with Gasteiger partial charge in [0.05, 0.1) is 19.1 Å². The average Bonchev–Trinajstić information content (AvgIpc) is 2.87. The summed E-state index contributed by atoms with van der Waals surface area (Å²) in [5.41, 5.74) is 0.642. The number of rotatable bonds is 6. The highest BCUT2D eigenvalue weighted by molar-refractivity contribution is 5.96. The van der Waals surface area contributed by atoms with Crippen molar-refractivity contribution in [3.05, 3.63) is 35.9 Å². The van der Waals surface area contributed by atoms with Gasteiger partial charge in [0, 0.05) is 0 Å². The molecule has 0 saturated carbocycles. The molecule has 0 unspecified atom stereocenters. The maximum absolute atomic E-state index is 13.1. The van der Waals surface area contributed by atoms with Crippen LogP contribution in [0.1, 0.15) is 65.0 Å². The summed E-state index contributed by atoms with van der Waals surface area (Å²) in [6.07, 6.45) is 0.638. The summed E-state index contributed by atoms with van der Waals surface area (Å²) in [6.45, 7) is 6.55. The first-order valence-electron chi connectivity index (χ1n) is 12.8. The standard InChI is InChI=1S/C26H39N5O6/c1-5-17-23(34)30-20(12-15(3)4)25(36)28-18(6-2)24(35)31-21(14-32)26(37)29-19(13-22(33)27-17)16-10-8-7-9-11-16/h7-11,15,17-21,32H,5-6,12-14H2,1-4H3,(H,27,33)(H,28,36)(H,29,37)(H,30,34)(H,31,35)/t17-,18-,19+,20-,21-/m0/s1. The van der Waals surface area contributed by atoms with E-state index in [4.69, 9.17) is 0 Å². The molecule has 0 aliphatic carbocycles. The monoisotopic (exact) mass is 517 g/mol. The van der Waals surface area contributed by atoms with Crippen LogP contribution in [0.25, 0.3) is 0 Å². The zero-order valence-corrected chi connectivity index (χ0v) is 21.9. The summed E-state index contributed by atoms with van der Waals surface area (Å²) in [6, 6.07) is 3.91. The second kappa shape index (κ2) is 14.3. The Bertz CT molecular complexity index is 954. The topological polar surface area (TPSA) is 166 Å². The van der Waals surface area contributed by atoms with Crippen molar-refractivity contribution < 1.29 is 29.1 Å². The second-order valence-electron chi connectivity index (χ2n) is 9.61. The van der Waals surface area contributed by atoms with E-state index in [2.05, 4.69) is 26.6 Å². The molecule has 1 heterocycles. The fourth-order valence-corrected chi connectivity index (χ4v) is 4.07. The molecule has 204 valence electrons. The van der Waals surface area contributed by atoms with Crippen molar-refractivity contribution in [2.75, 3.05) is 6.61 Å². The molecule has 0 aromatic heterocycles. The van der Waals surface area contributed by atoms with E-state index in [9.17, 15) is 29.1 Å². The Labute approximate surface area is 217 Å². The number of benzene rings is 1. The van der Waals surface area contributed by atoms with E-state index in [1.165, 1.54) is 0 Å². The molecule has 1 aliphatic heterocycles. The molecule has 1 fully saturated rings. The number of carbonyl (C=O) groups excluding carboxylic acids is 5. The van der Waals surface area contributed by atoms with E-state index in [1.807, 2.05) is 13.8 Å². The lowest BCUT2D eigenvalue weighted by Crippen LogP contribution is -2.59. The fraction of sp³-hybridized carbons (Fsp3) is 0.577. The predicted octanol–water partition coefficient (Wildman–Crippen LogP) is 0.0452. The Hall–Kier alpha value is -3.47. The van der Waals surface area contributed by atoms with E-state index in [-0.39, 0.29) is 25.2 Å². The van der Waals surface area contributed by atoms with Gasteiger partial charge in [0.2, 0.25) is 29.5 Å². The first-order valence-corrected chi connectivity index (χ1v) is 12.8. The van der Waals surface area contributed by atoms with Gasteiger partial charge in [-0.1, -0.05) is 58.0 Å². The van der Waals surface area contributed by atoms with E-state index in [1.54, 1.807) is 44.2 Å². The van der Waals surface area contributed by atoms with E-state index < -0.39 is 66.4 Å². The Kier molecular flexibility index (Phi) is 11.5. The van der Waals surface area contributed by atoms with E-state index >= 15 is 0 Å². The minimum absolute atomic E-state index is 0.0549.